The zero-order valence-corrected chi connectivity index (χ0v) is 9.50. The highest BCUT2D eigenvalue weighted by Gasteiger charge is 2.03. The SMILES string of the molecule is NCCC(O)CNc1ccccc1Br. The molecule has 1 unspecified atom stereocenters. The molecular formula is C10H15BrN2O. The van der Waals surface area contributed by atoms with E-state index in [2.05, 4.69) is 21.2 Å². The summed E-state index contributed by atoms with van der Waals surface area (Å²) in [7, 11) is 0. The summed E-state index contributed by atoms with van der Waals surface area (Å²) in [4.78, 5) is 0. The number of nitrogens with one attached hydrogen (secondary N) is 1. The van der Waals surface area contributed by atoms with Gasteiger partial charge in [-0.05, 0) is 41.0 Å². The van der Waals surface area contributed by atoms with E-state index >= 15 is 0 Å². The molecular weight excluding hydrogens is 244 g/mol. The van der Waals surface area contributed by atoms with Gasteiger partial charge < -0.3 is 16.2 Å². The largest absolute Gasteiger partial charge is 0.391 e. The molecule has 0 bridgehead atoms. The van der Waals surface area contributed by atoms with Gasteiger partial charge in [0, 0.05) is 16.7 Å². The van der Waals surface area contributed by atoms with Crippen LogP contribution in [0.5, 0.6) is 0 Å². The zero-order chi connectivity index (χ0) is 10.4. The Labute approximate surface area is 92.4 Å². The molecule has 0 spiro atoms. The van der Waals surface area contributed by atoms with Crippen molar-refractivity contribution >= 4 is 21.6 Å². The fourth-order valence-electron chi connectivity index (χ4n) is 1.13. The molecule has 4 N–H and O–H groups in total. The Morgan fingerprint density at radius 2 is 2.14 bits per heavy atom. The van der Waals surface area contributed by atoms with Crippen LogP contribution in [-0.4, -0.2) is 24.3 Å². The molecule has 1 atom stereocenters. The van der Waals surface area contributed by atoms with Gasteiger partial charge in [-0.1, -0.05) is 12.1 Å². The second-order valence-electron chi connectivity index (χ2n) is 3.09. The summed E-state index contributed by atoms with van der Waals surface area (Å²) in [6.07, 6.45) is 0.240. The predicted molar refractivity (Wildman–Crippen MR) is 62.3 cm³/mol. The van der Waals surface area contributed by atoms with Crippen LogP contribution in [0.3, 0.4) is 0 Å². The lowest BCUT2D eigenvalue weighted by atomic mass is 10.2. The molecule has 1 rings (SSSR count). The smallest absolute Gasteiger partial charge is 0.0724 e. The first kappa shape index (κ1) is 11.5. The molecule has 0 saturated heterocycles. The first-order chi connectivity index (χ1) is 6.74. The van der Waals surface area contributed by atoms with Crippen molar-refractivity contribution in [3.8, 4) is 0 Å². The number of aliphatic hydroxyl groups is 1. The number of para-hydroxylation sites is 1. The van der Waals surface area contributed by atoms with E-state index in [4.69, 9.17) is 5.73 Å². The number of aliphatic hydroxyl groups excluding tert-OH is 1. The maximum Gasteiger partial charge on any atom is 0.0724 e. The lowest BCUT2D eigenvalue weighted by Crippen LogP contribution is -2.22. The fourth-order valence-corrected chi connectivity index (χ4v) is 1.55. The summed E-state index contributed by atoms with van der Waals surface area (Å²) in [5, 5.41) is 12.6. The average molecular weight is 259 g/mol. The third-order valence-electron chi connectivity index (χ3n) is 1.90. The Kier molecular flexibility index (Phi) is 4.93. The van der Waals surface area contributed by atoms with E-state index in [1.54, 1.807) is 0 Å². The van der Waals surface area contributed by atoms with Gasteiger partial charge in [0.05, 0.1) is 6.10 Å². The molecule has 0 aromatic heterocycles. The predicted octanol–water partition coefficient (Wildman–Crippen LogP) is 1.57. The van der Waals surface area contributed by atoms with Crippen LogP contribution in [-0.2, 0) is 0 Å². The van der Waals surface area contributed by atoms with Crippen molar-refractivity contribution in [2.45, 2.75) is 12.5 Å². The van der Waals surface area contributed by atoms with Crippen molar-refractivity contribution in [2.24, 2.45) is 5.73 Å². The Bertz CT molecular complexity index is 281. The van der Waals surface area contributed by atoms with Gasteiger partial charge in [-0.15, -0.1) is 0 Å². The Hall–Kier alpha value is -0.580. The molecule has 14 heavy (non-hydrogen) atoms. The Morgan fingerprint density at radius 3 is 2.79 bits per heavy atom. The summed E-state index contributed by atoms with van der Waals surface area (Å²) >= 11 is 3.42. The van der Waals surface area contributed by atoms with Crippen LogP contribution < -0.4 is 11.1 Å². The van der Waals surface area contributed by atoms with Crippen molar-refractivity contribution in [2.75, 3.05) is 18.4 Å². The molecule has 78 valence electrons. The summed E-state index contributed by atoms with van der Waals surface area (Å²) < 4.78 is 1.000. The van der Waals surface area contributed by atoms with Crippen molar-refractivity contribution in [1.82, 2.24) is 0 Å². The minimum absolute atomic E-state index is 0.382. The van der Waals surface area contributed by atoms with E-state index in [-0.39, 0.29) is 6.10 Å². The van der Waals surface area contributed by atoms with E-state index in [9.17, 15) is 5.11 Å². The average Bonchev–Trinajstić information content (AvgIpc) is 2.17. The third kappa shape index (κ3) is 3.65. The van der Waals surface area contributed by atoms with Gasteiger partial charge in [0.2, 0.25) is 0 Å². The standard InChI is InChI=1S/C10H15BrN2O/c11-9-3-1-2-4-10(9)13-7-8(14)5-6-12/h1-4,8,13-14H,5-7,12H2. The second kappa shape index (κ2) is 6.01. The van der Waals surface area contributed by atoms with E-state index in [0.29, 0.717) is 19.5 Å². The molecule has 1 aromatic rings. The van der Waals surface area contributed by atoms with Gasteiger partial charge in [-0.25, -0.2) is 0 Å². The molecule has 0 saturated carbocycles. The van der Waals surface area contributed by atoms with E-state index in [1.807, 2.05) is 24.3 Å². The zero-order valence-electron chi connectivity index (χ0n) is 7.91. The highest BCUT2D eigenvalue weighted by atomic mass is 79.9. The molecule has 0 aliphatic heterocycles. The van der Waals surface area contributed by atoms with E-state index in [0.717, 1.165) is 10.2 Å². The number of halogens is 1. The van der Waals surface area contributed by atoms with Crippen LogP contribution in [0.1, 0.15) is 6.42 Å². The van der Waals surface area contributed by atoms with Gasteiger partial charge in [-0.3, -0.25) is 0 Å². The number of anilines is 1. The van der Waals surface area contributed by atoms with Crippen molar-refractivity contribution < 1.29 is 5.11 Å². The van der Waals surface area contributed by atoms with Gasteiger partial charge in [-0.2, -0.15) is 0 Å². The van der Waals surface area contributed by atoms with Crippen LogP contribution in [0.15, 0.2) is 28.7 Å². The molecule has 0 aliphatic rings. The minimum Gasteiger partial charge on any atom is -0.391 e. The molecule has 0 aliphatic carbocycles. The highest BCUT2D eigenvalue weighted by Crippen LogP contribution is 2.20. The lowest BCUT2D eigenvalue weighted by Gasteiger charge is -2.12. The van der Waals surface area contributed by atoms with E-state index < -0.39 is 0 Å². The molecule has 1 aromatic carbocycles. The first-order valence-electron chi connectivity index (χ1n) is 4.60. The highest BCUT2D eigenvalue weighted by molar-refractivity contribution is 9.10. The molecule has 0 heterocycles. The molecule has 0 radical (unpaired) electrons. The number of hydrogen-bond donors (Lipinski definition) is 3. The normalized spacial score (nSPS) is 12.5. The molecule has 0 amide bonds. The van der Waals surface area contributed by atoms with Crippen LogP contribution in [0.4, 0.5) is 5.69 Å². The molecule has 3 nitrogen and oxygen atoms in total. The van der Waals surface area contributed by atoms with Gasteiger partial charge in [0.25, 0.3) is 0 Å². The summed E-state index contributed by atoms with van der Waals surface area (Å²) in [6.45, 7) is 1.04. The lowest BCUT2D eigenvalue weighted by molar-refractivity contribution is 0.180. The third-order valence-corrected chi connectivity index (χ3v) is 2.59. The van der Waals surface area contributed by atoms with Crippen LogP contribution >= 0.6 is 15.9 Å². The van der Waals surface area contributed by atoms with E-state index in [1.165, 1.54) is 0 Å². The van der Waals surface area contributed by atoms with Crippen LogP contribution in [0, 0.1) is 0 Å². The maximum absolute atomic E-state index is 9.44. The number of nitrogens with two attached hydrogens (primary N) is 1. The van der Waals surface area contributed by atoms with Crippen LogP contribution in [0.25, 0.3) is 0 Å². The van der Waals surface area contributed by atoms with Gasteiger partial charge in [0.15, 0.2) is 0 Å². The summed E-state index contributed by atoms with van der Waals surface area (Å²) in [5.41, 5.74) is 6.32. The maximum atomic E-state index is 9.44. The van der Waals surface area contributed by atoms with Crippen molar-refractivity contribution in [1.29, 1.82) is 0 Å². The van der Waals surface area contributed by atoms with Crippen molar-refractivity contribution in [3.63, 3.8) is 0 Å². The molecule has 0 fully saturated rings. The monoisotopic (exact) mass is 258 g/mol. The topological polar surface area (TPSA) is 58.3 Å². The molecule has 4 heteroatoms. The van der Waals surface area contributed by atoms with Gasteiger partial charge >= 0.3 is 0 Å². The Balaban J connectivity index is 2.41. The van der Waals surface area contributed by atoms with Crippen LogP contribution in [0.2, 0.25) is 0 Å². The van der Waals surface area contributed by atoms with Gasteiger partial charge in [0.1, 0.15) is 0 Å². The number of hydrogen-bond acceptors (Lipinski definition) is 3. The first-order valence-corrected chi connectivity index (χ1v) is 5.40. The summed E-state index contributed by atoms with van der Waals surface area (Å²) in [6, 6.07) is 7.81. The minimum atomic E-state index is -0.382. The quantitative estimate of drug-likeness (QED) is 0.752. The number of benzene rings is 1. The summed E-state index contributed by atoms with van der Waals surface area (Å²) in [5.74, 6) is 0. The van der Waals surface area contributed by atoms with Crippen molar-refractivity contribution in [3.05, 3.63) is 28.7 Å². The number of rotatable bonds is 5. The Morgan fingerprint density at radius 1 is 1.43 bits per heavy atom. The second-order valence-corrected chi connectivity index (χ2v) is 3.95. The fraction of sp³-hybridized carbons (Fsp3) is 0.400.